The van der Waals surface area contributed by atoms with E-state index in [2.05, 4.69) is 26.3 Å². The van der Waals surface area contributed by atoms with Crippen LogP contribution in [0.15, 0.2) is 11.2 Å². The Balaban J connectivity index is 1.73. The van der Waals surface area contributed by atoms with Gasteiger partial charge >= 0.3 is 0 Å². The Morgan fingerprint density at radius 1 is 1.32 bits per heavy atom. The molecule has 0 spiro atoms. The van der Waals surface area contributed by atoms with Crippen molar-refractivity contribution in [1.29, 1.82) is 0 Å². The molecule has 0 aliphatic heterocycles. The van der Waals surface area contributed by atoms with Crippen molar-refractivity contribution >= 4 is 17.5 Å². The van der Waals surface area contributed by atoms with Gasteiger partial charge < -0.3 is 9.13 Å². The SMILES string of the molecule is CCn1c(C)cc(C(=O)CSc2nnc(C)n2C2CC2)c1C. The van der Waals surface area contributed by atoms with Gasteiger partial charge in [-0.2, -0.15) is 0 Å². The van der Waals surface area contributed by atoms with Crippen molar-refractivity contribution in [3.63, 3.8) is 0 Å². The number of hydrogen-bond acceptors (Lipinski definition) is 4. The molecule has 0 amide bonds. The highest BCUT2D eigenvalue weighted by Crippen LogP contribution is 2.38. The van der Waals surface area contributed by atoms with Crippen LogP contribution >= 0.6 is 11.8 Å². The van der Waals surface area contributed by atoms with E-state index in [1.807, 2.05) is 26.8 Å². The molecule has 2 aromatic rings. The van der Waals surface area contributed by atoms with E-state index in [0.717, 1.165) is 34.5 Å². The van der Waals surface area contributed by atoms with Crippen molar-refractivity contribution in [3.8, 4) is 0 Å². The number of carbonyl (C=O) groups is 1. The van der Waals surface area contributed by atoms with Crippen molar-refractivity contribution in [1.82, 2.24) is 19.3 Å². The fourth-order valence-corrected chi connectivity index (χ4v) is 3.91. The molecule has 0 N–H and O–H groups in total. The Labute approximate surface area is 135 Å². The molecule has 0 saturated heterocycles. The molecule has 0 bridgehead atoms. The van der Waals surface area contributed by atoms with E-state index in [0.29, 0.717) is 11.8 Å². The maximum Gasteiger partial charge on any atom is 0.191 e. The fourth-order valence-electron chi connectivity index (χ4n) is 2.98. The van der Waals surface area contributed by atoms with Crippen LogP contribution in [0.5, 0.6) is 0 Å². The second kappa shape index (κ2) is 5.91. The number of aryl methyl sites for hydroxylation is 2. The molecular weight excluding hydrogens is 296 g/mol. The topological polar surface area (TPSA) is 52.7 Å². The summed E-state index contributed by atoms with van der Waals surface area (Å²) in [5.74, 6) is 1.53. The van der Waals surface area contributed by atoms with Crippen LogP contribution in [-0.2, 0) is 6.54 Å². The van der Waals surface area contributed by atoms with Gasteiger partial charge in [-0.25, -0.2) is 0 Å². The summed E-state index contributed by atoms with van der Waals surface area (Å²) < 4.78 is 4.35. The molecule has 1 fully saturated rings. The third-order valence-electron chi connectivity index (χ3n) is 4.27. The minimum absolute atomic E-state index is 0.167. The zero-order chi connectivity index (χ0) is 15.9. The lowest BCUT2D eigenvalue weighted by atomic mass is 10.2. The van der Waals surface area contributed by atoms with Crippen molar-refractivity contribution in [2.24, 2.45) is 0 Å². The number of Topliss-reactive ketones (excluding diaryl/α,β-unsaturated/α-hetero) is 1. The monoisotopic (exact) mass is 318 g/mol. The summed E-state index contributed by atoms with van der Waals surface area (Å²) in [7, 11) is 0. The number of nitrogens with zero attached hydrogens (tertiary/aromatic N) is 4. The number of hydrogen-bond donors (Lipinski definition) is 0. The predicted molar refractivity (Wildman–Crippen MR) is 87.7 cm³/mol. The number of thioether (sulfide) groups is 1. The molecule has 2 aromatic heterocycles. The quantitative estimate of drug-likeness (QED) is 0.605. The molecule has 0 atom stereocenters. The summed E-state index contributed by atoms with van der Waals surface area (Å²) >= 11 is 1.50. The Morgan fingerprint density at radius 3 is 2.64 bits per heavy atom. The van der Waals surface area contributed by atoms with Crippen LogP contribution in [0.4, 0.5) is 0 Å². The minimum Gasteiger partial charge on any atom is -0.349 e. The van der Waals surface area contributed by atoms with E-state index in [1.54, 1.807) is 0 Å². The summed E-state index contributed by atoms with van der Waals surface area (Å²) in [6.07, 6.45) is 2.38. The maximum absolute atomic E-state index is 12.5. The van der Waals surface area contributed by atoms with Crippen LogP contribution in [0.1, 0.15) is 53.4 Å². The smallest absolute Gasteiger partial charge is 0.191 e. The molecule has 22 heavy (non-hydrogen) atoms. The van der Waals surface area contributed by atoms with Crippen molar-refractivity contribution < 1.29 is 4.79 Å². The Morgan fingerprint density at radius 2 is 2.05 bits per heavy atom. The zero-order valence-electron chi connectivity index (χ0n) is 13.6. The van der Waals surface area contributed by atoms with Crippen LogP contribution in [0, 0.1) is 20.8 Å². The standard InChI is InChI=1S/C16H22N4OS/c1-5-19-10(2)8-14(11(19)3)15(21)9-22-16-18-17-12(4)20(16)13-6-7-13/h8,13H,5-7,9H2,1-4H3. The molecule has 0 radical (unpaired) electrons. The molecule has 0 aromatic carbocycles. The van der Waals surface area contributed by atoms with Crippen molar-refractivity contribution in [3.05, 3.63) is 28.8 Å². The van der Waals surface area contributed by atoms with Gasteiger partial charge in [0.2, 0.25) is 0 Å². The molecule has 118 valence electrons. The average molecular weight is 318 g/mol. The molecule has 0 unspecified atom stereocenters. The first-order valence-corrected chi connectivity index (χ1v) is 8.75. The Bertz CT molecular complexity index is 712. The molecule has 5 nitrogen and oxygen atoms in total. The third kappa shape index (κ3) is 2.72. The van der Waals surface area contributed by atoms with Crippen LogP contribution in [-0.4, -0.2) is 30.9 Å². The van der Waals surface area contributed by atoms with Gasteiger partial charge in [-0.3, -0.25) is 4.79 Å². The fraction of sp³-hybridized carbons (Fsp3) is 0.562. The molecule has 3 rings (SSSR count). The maximum atomic E-state index is 12.5. The predicted octanol–water partition coefficient (Wildman–Crippen LogP) is 3.33. The lowest BCUT2D eigenvalue weighted by Crippen LogP contribution is -2.07. The Kier molecular flexibility index (Phi) is 4.12. The van der Waals surface area contributed by atoms with Crippen LogP contribution < -0.4 is 0 Å². The van der Waals surface area contributed by atoms with Gasteiger partial charge in [-0.1, -0.05) is 11.8 Å². The second-order valence-electron chi connectivity index (χ2n) is 5.87. The zero-order valence-corrected chi connectivity index (χ0v) is 14.4. The van der Waals surface area contributed by atoms with Gasteiger partial charge in [-0.15, -0.1) is 10.2 Å². The van der Waals surface area contributed by atoms with E-state index in [9.17, 15) is 4.79 Å². The van der Waals surface area contributed by atoms with E-state index < -0.39 is 0 Å². The van der Waals surface area contributed by atoms with Crippen molar-refractivity contribution in [2.75, 3.05) is 5.75 Å². The highest BCUT2D eigenvalue weighted by Gasteiger charge is 2.28. The van der Waals surface area contributed by atoms with E-state index in [-0.39, 0.29) is 5.78 Å². The average Bonchev–Trinajstić information content (AvgIpc) is 3.19. The second-order valence-corrected chi connectivity index (χ2v) is 6.81. The largest absolute Gasteiger partial charge is 0.349 e. The summed E-state index contributed by atoms with van der Waals surface area (Å²) in [6.45, 7) is 9.04. The number of ketones is 1. The first kappa shape index (κ1) is 15.3. The molecular formula is C16H22N4OS. The van der Waals surface area contributed by atoms with Crippen LogP contribution in [0.25, 0.3) is 0 Å². The molecule has 1 aliphatic rings. The van der Waals surface area contributed by atoms with Gasteiger partial charge in [0.05, 0.1) is 5.75 Å². The highest BCUT2D eigenvalue weighted by atomic mass is 32.2. The molecule has 1 saturated carbocycles. The summed E-state index contributed by atoms with van der Waals surface area (Å²) in [5, 5.41) is 9.25. The first-order chi connectivity index (χ1) is 10.5. The lowest BCUT2D eigenvalue weighted by Gasteiger charge is -2.07. The first-order valence-electron chi connectivity index (χ1n) is 7.77. The van der Waals surface area contributed by atoms with Gasteiger partial charge in [0.15, 0.2) is 10.9 Å². The summed E-state index contributed by atoms with van der Waals surface area (Å²) in [5.41, 5.74) is 3.04. The van der Waals surface area contributed by atoms with Crippen molar-refractivity contribution in [2.45, 2.75) is 58.3 Å². The van der Waals surface area contributed by atoms with Crippen LogP contribution in [0.3, 0.4) is 0 Å². The highest BCUT2D eigenvalue weighted by molar-refractivity contribution is 7.99. The summed E-state index contributed by atoms with van der Waals surface area (Å²) in [4.78, 5) is 12.5. The Hall–Kier alpha value is -1.56. The normalized spacial score (nSPS) is 14.5. The van der Waals surface area contributed by atoms with Gasteiger partial charge in [-0.05, 0) is 46.6 Å². The van der Waals surface area contributed by atoms with E-state index in [1.165, 1.54) is 24.6 Å². The molecule has 6 heteroatoms. The number of rotatable bonds is 6. The van der Waals surface area contributed by atoms with E-state index >= 15 is 0 Å². The molecule has 1 aliphatic carbocycles. The number of carbonyl (C=O) groups excluding carboxylic acids is 1. The summed E-state index contributed by atoms with van der Waals surface area (Å²) in [6, 6.07) is 2.54. The van der Waals surface area contributed by atoms with Gasteiger partial charge in [0.1, 0.15) is 5.82 Å². The third-order valence-corrected chi connectivity index (χ3v) is 5.21. The minimum atomic E-state index is 0.167. The van der Waals surface area contributed by atoms with Gasteiger partial charge in [0, 0.05) is 29.5 Å². The lowest BCUT2D eigenvalue weighted by molar-refractivity contribution is 0.102. The number of aromatic nitrogens is 4. The van der Waals surface area contributed by atoms with Gasteiger partial charge in [0.25, 0.3) is 0 Å². The van der Waals surface area contributed by atoms with Crippen LogP contribution in [0.2, 0.25) is 0 Å². The molecule has 2 heterocycles. The van der Waals surface area contributed by atoms with E-state index in [4.69, 9.17) is 0 Å².